The lowest BCUT2D eigenvalue weighted by Crippen LogP contribution is -2.43. The van der Waals surface area contributed by atoms with E-state index in [9.17, 15) is 4.39 Å². The van der Waals surface area contributed by atoms with Crippen molar-refractivity contribution in [1.82, 2.24) is 5.32 Å². The van der Waals surface area contributed by atoms with E-state index in [1.165, 1.54) is 12.1 Å². The summed E-state index contributed by atoms with van der Waals surface area (Å²) < 4.78 is 12.7. The lowest BCUT2D eigenvalue weighted by atomic mass is 10.1. The number of rotatable bonds is 3. The number of nitrogens with one attached hydrogen (secondary N) is 1. The fourth-order valence-electron chi connectivity index (χ4n) is 1.32. The second-order valence-electron chi connectivity index (χ2n) is 3.52. The Kier molecular flexibility index (Phi) is 2.93. The van der Waals surface area contributed by atoms with Gasteiger partial charge in [0.1, 0.15) is 5.82 Å². The Labute approximate surface area is 87.1 Å². The molecular weight excluding hydrogens is 199 g/mol. The molecule has 1 aliphatic heterocycles. The number of nitrogens with two attached hydrogens (primary N) is 1. The Balaban J connectivity index is 1.94. The van der Waals surface area contributed by atoms with Gasteiger partial charge >= 0.3 is 0 Å². The maximum Gasteiger partial charge on any atom is 0.125 e. The van der Waals surface area contributed by atoms with Crippen molar-refractivity contribution < 1.29 is 4.39 Å². The molecule has 0 unspecified atom stereocenters. The molecule has 0 aromatic heterocycles. The fourth-order valence-corrected chi connectivity index (χ4v) is 2.37. The maximum absolute atomic E-state index is 12.7. The van der Waals surface area contributed by atoms with Gasteiger partial charge in [0.15, 0.2) is 0 Å². The molecule has 1 saturated heterocycles. The van der Waals surface area contributed by atoms with Gasteiger partial charge in [-0.2, -0.15) is 0 Å². The average Bonchev–Trinajstić information content (AvgIpc) is 2.05. The van der Waals surface area contributed by atoms with Gasteiger partial charge in [-0.25, -0.2) is 4.39 Å². The van der Waals surface area contributed by atoms with E-state index >= 15 is 0 Å². The van der Waals surface area contributed by atoms with Gasteiger partial charge in [-0.3, -0.25) is 0 Å². The summed E-state index contributed by atoms with van der Waals surface area (Å²) in [5.41, 5.74) is 6.23. The average molecular weight is 212 g/mol. The largest absolute Gasteiger partial charge is 0.398 e. The van der Waals surface area contributed by atoms with Crippen LogP contribution >= 0.6 is 11.8 Å². The first-order valence-corrected chi connectivity index (χ1v) is 5.63. The van der Waals surface area contributed by atoms with Crippen molar-refractivity contribution >= 4 is 17.4 Å². The van der Waals surface area contributed by atoms with Crippen LogP contribution in [0, 0.1) is 11.7 Å². The molecule has 1 aromatic rings. The minimum absolute atomic E-state index is 0.267. The number of nitrogen functional groups attached to an aromatic ring is 1. The van der Waals surface area contributed by atoms with Crippen LogP contribution in [0.5, 0.6) is 0 Å². The van der Waals surface area contributed by atoms with Crippen LogP contribution in [0.1, 0.15) is 0 Å². The summed E-state index contributed by atoms with van der Waals surface area (Å²) >= 11 is 1.71. The standard InChI is InChI=1S/C10H13FN2S/c11-8-1-2-10(9(12)3-8)14-6-7-4-13-5-7/h1-3,7,13H,4-6,12H2. The summed E-state index contributed by atoms with van der Waals surface area (Å²) in [6, 6.07) is 4.58. The van der Waals surface area contributed by atoms with Crippen molar-refractivity contribution in [3.8, 4) is 0 Å². The zero-order valence-electron chi connectivity index (χ0n) is 7.79. The molecule has 4 heteroatoms. The van der Waals surface area contributed by atoms with Gasteiger partial charge in [0.05, 0.1) is 0 Å². The van der Waals surface area contributed by atoms with E-state index < -0.39 is 0 Å². The van der Waals surface area contributed by atoms with Gasteiger partial charge in [0.25, 0.3) is 0 Å². The molecule has 1 heterocycles. The molecule has 0 bridgehead atoms. The van der Waals surface area contributed by atoms with Crippen LogP contribution in [0.2, 0.25) is 0 Å². The van der Waals surface area contributed by atoms with Crippen LogP contribution in [0.4, 0.5) is 10.1 Å². The Hall–Kier alpha value is -0.740. The lowest BCUT2D eigenvalue weighted by molar-refractivity contribution is 0.385. The van der Waals surface area contributed by atoms with E-state index in [4.69, 9.17) is 5.73 Å². The van der Waals surface area contributed by atoms with Crippen molar-refractivity contribution in [2.45, 2.75) is 4.90 Å². The van der Waals surface area contributed by atoms with Crippen LogP contribution in [-0.4, -0.2) is 18.8 Å². The van der Waals surface area contributed by atoms with Crippen molar-refractivity contribution in [2.75, 3.05) is 24.6 Å². The van der Waals surface area contributed by atoms with Crippen LogP contribution < -0.4 is 11.1 Å². The molecule has 3 N–H and O–H groups in total. The van der Waals surface area contributed by atoms with Crippen LogP contribution in [-0.2, 0) is 0 Å². The summed E-state index contributed by atoms with van der Waals surface area (Å²) in [4.78, 5) is 0.985. The Morgan fingerprint density at radius 1 is 1.50 bits per heavy atom. The molecule has 1 aliphatic rings. The summed E-state index contributed by atoms with van der Waals surface area (Å²) in [7, 11) is 0. The first-order chi connectivity index (χ1) is 6.75. The van der Waals surface area contributed by atoms with E-state index in [1.807, 2.05) is 0 Å². The van der Waals surface area contributed by atoms with Crippen molar-refractivity contribution in [1.29, 1.82) is 0 Å². The highest BCUT2D eigenvalue weighted by atomic mass is 32.2. The van der Waals surface area contributed by atoms with Gasteiger partial charge in [-0.1, -0.05) is 0 Å². The molecule has 0 amide bonds. The number of hydrogen-bond donors (Lipinski definition) is 2. The van der Waals surface area contributed by atoms with Crippen molar-refractivity contribution in [3.63, 3.8) is 0 Å². The highest BCUT2D eigenvalue weighted by molar-refractivity contribution is 7.99. The molecule has 0 saturated carbocycles. The molecule has 0 aliphatic carbocycles. The zero-order valence-corrected chi connectivity index (χ0v) is 8.61. The molecule has 76 valence electrons. The number of thioether (sulfide) groups is 1. The van der Waals surface area contributed by atoms with Crippen LogP contribution in [0.3, 0.4) is 0 Å². The van der Waals surface area contributed by atoms with Gasteiger partial charge < -0.3 is 11.1 Å². The molecule has 0 radical (unpaired) electrons. The predicted molar refractivity (Wildman–Crippen MR) is 57.9 cm³/mol. The third-order valence-corrected chi connectivity index (χ3v) is 3.63. The molecule has 1 fully saturated rings. The summed E-state index contributed by atoms with van der Waals surface area (Å²) in [6.07, 6.45) is 0. The Morgan fingerprint density at radius 2 is 2.29 bits per heavy atom. The molecule has 2 nitrogen and oxygen atoms in total. The molecule has 1 aromatic carbocycles. The number of benzene rings is 1. The predicted octanol–water partition coefficient (Wildman–Crippen LogP) is 1.72. The van der Waals surface area contributed by atoms with Gasteiger partial charge in [0.2, 0.25) is 0 Å². The first-order valence-electron chi connectivity index (χ1n) is 4.64. The second-order valence-corrected chi connectivity index (χ2v) is 4.58. The smallest absolute Gasteiger partial charge is 0.125 e. The number of anilines is 1. The topological polar surface area (TPSA) is 38.0 Å². The van der Waals surface area contributed by atoms with E-state index in [-0.39, 0.29) is 5.82 Å². The van der Waals surface area contributed by atoms with Crippen molar-refractivity contribution in [2.24, 2.45) is 5.92 Å². The highest BCUT2D eigenvalue weighted by Crippen LogP contribution is 2.27. The molecular formula is C10H13FN2S. The van der Waals surface area contributed by atoms with Gasteiger partial charge in [-0.15, -0.1) is 11.8 Å². The van der Waals surface area contributed by atoms with E-state index in [0.717, 1.165) is 29.7 Å². The van der Waals surface area contributed by atoms with Gasteiger partial charge in [0, 0.05) is 16.3 Å². The molecule has 14 heavy (non-hydrogen) atoms. The molecule has 2 rings (SSSR count). The Morgan fingerprint density at radius 3 is 2.86 bits per heavy atom. The summed E-state index contributed by atoms with van der Waals surface area (Å²) in [5, 5.41) is 3.22. The lowest BCUT2D eigenvalue weighted by Gasteiger charge is -2.26. The fraction of sp³-hybridized carbons (Fsp3) is 0.400. The Bertz CT molecular complexity index is 326. The minimum Gasteiger partial charge on any atom is -0.398 e. The van der Waals surface area contributed by atoms with E-state index in [1.54, 1.807) is 17.8 Å². The number of hydrogen-bond acceptors (Lipinski definition) is 3. The van der Waals surface area contributed by atoms with Gasteiger partial charge in [-0.05, 0) is 37.2 Å². The molecule has 0 spiro atoms. The third kappa shape index (κ3) is 2.19. The quantitative estimate of drug-likeness (QED) is 0.592. The van der Waals surface area contributed by atoms with Crippen LogP contribution in [0.15, 0.2) is 23.1 Å². The maximum atomic E-state index is 12.7. The molecule has 0 atom stereocenters. The SMILES string of the molecule is Nc1cc(F)ccc1SCC1CNC1. The third-order valence-electron chi connectivity index (χ3n) is 2.31. The normalized spacial score (nSPS) is 16.6. The van der Waals surface area contributed by atoms with Crippen molar-refractivity contribution in [3.05, 3.63) is 24.0 Å². The highest BCUT2D eigenvalue weighted by Gasteiger charge is 2.16. The monoisotopic (exact) mass is 212 g/mol. The second kappa shape index (κ2) is 4.19. The summed E-state index contributed by atoms with van der Waals surface area (Å²) in [5.74, 6) is 1.53. The number of halogens is 1. The zero-order chi connectivity index (χ0) is 9.97. The van der Waals surface area contributed by atoms with E-state index in [0.29, 0.717) is 5.69 Å². The summed E-state index contributed by atoms with van der Waals surface area (Å²) in [6.45, 7) is 2.18. The first kappa shape index (κ1) is 9.80. The van der Waals surface area contributed by atoms with E-state index in [2.05, 4.69) is 5.32 Å². The van der Waals surface area contributed by atoms with Crippen LogP contribution in [0.25, 0.3) is 0 Å². The minimum atomic E-state index is -0.267.